The fraction of sp³-hybridized carbons (Fsp3) is 0.348. The van der Waals surface area contributed by atoms with Crippen LogP contribution >= 0.6 is 11.8 Å². The van der Waals surface area contributed by atoms with E-state index in [2.05, 4.69) is 9.97 Å². The minimum Gasteiger partial charge on any atom is -0.465 e. The summed E-state index contributed by atoms with van der Waals surface area (Å²) in [6.07, 6.45) is 2.63. The van der Waals surface area contributed by atoms with E-state index in [0.29, 0.717) is 52.7 Å². The molecule has 4 rings (SSSR count). The summed E-state index contributed by atoms with van der Waals surface area (Å²) in [7, 11) is 2.95. The molecule has 1 aromatic carbocycles. The fourth-order valence-corrected chi connectivity index (χ4v) is 4.56. The number of hydrogen-bond acceptors (Lipinski definition) is 8. The van der Waals surface area contributed by atoms with Crippen molar-refractivity contribution in [1.82, 2.24) is 23.9 Å². The number of aromatic nitrogens is 5. The maximum Gasteiger partial charge on any atom is 0.337 e. The summed E-state index contributed by atoms with van der Waals surface area (Å²) in [5.41, 5.74) is 3.45. The Morgan fingerprint density at radius 1 is 1.12 bits per heavy atom. The van der Waals surface area contributed by atoms with E-state index in [9.17, 15) is 9.59 Å². The maximum atomic E-state index is 13.3. The third kappa shape index (κ3) is 4.76. The fourth-order valence-electron chi connectivity index (χ4n) is 3.65. The zero-order valence-electron chi connectivity index (χ0n) is 19.0. The Labute approximate surface area is 194 Å². The summed E-state index contributed by atoms with van der Waals surface area (Å²) < 4.78 is 13.6. The highest BCUT2D eigenvalue weighted by atomic mass is 32.2. The van der Waals surface area contributed by atoms with Gasteiger partial charge in [-0.1, -0.05) is 11.8 Å². The van der Waals surface area contributed by atoms with Crippen LogP contribution in [-0.2, 0) is 21.8 Å². The number of ether oxygens (including phenoxy) is 2. The Morgan fingerprint density at radius 3 is 2.70 bits per heavy atom. The molecule has 10 heteroatoms. The van der Waals surface area contributed by atoms with E-state index in [1.807, 2.05) is 30.5 Å². The molecule has 0 aliphatic heterocycles. The molecule has 3 aromatic heterocycles. The second-order valence-electron chi connectivity index (χ2n) is 7.65. The number of aryl methyl sites for hydroxylation is 2. The molecule has 33 heavy (non-hydrogen) atoms. The molecular weight excluding hydrogens is 442 g/mol. The number of rotatable bonds is 8. The lowest BCUT2D eigenvalue weighted by molar-refractivity contribution is 0.0601. The molecule has 0 spiro atoms. The largest absolute Gasteiger partial charge is 0.465 e. The molecule has 0 radical (unpaired) electrons. The van der Waals surface area contributed by atoms with Crippen molar-refractivity contribution in [1.29, 1.82) is 0 Å². The van der Waals surface area contributed by atoms with E-state index in [1.54, 1.807) is 29.9 Å². The van der Waals surface area contributed by atoms with Crippen LogP contribution in [0.1, 0.15) is 33.9 Å². The van der Waals surface area contributed by atoms with Crippen molar-refractivity contribution >= 4 is 34.4 Å². The number of thioether (sulfide) groups is 1. The van der Waals surface area contributed by atoms with Gasteiger partial charge in [0.05, 0.1) is 29.3 Å². The molecule has 0 bridgehead atoms. The number of carbonyl (C=O) groups is 1. The number of carbonyl (C=O) groups excluding carboxylic acids is 1. The molecule has 0 unspecified atom stereocenters. The highest BCUT2D eigenvalue weighted by Crippen LogP contribution is 2.23. The number of nitrogens with zero attached hydrogens (tertiary/aromatic N) is 5. The minimum atomic E-state index is -0.472. The van der Waals surface area contributed by atoms with Crippen LogP contribution in [0.15, 0.2) is 40.4 Å². The first-order chi connectivity index (χ1) is 15.9. The van der Waals surface area contributed by atoms with Crippen LogP contribution in [0.2, 0.25) is 0 Å². The average molecular weight is 468 g/mol. The van der Waals surface area contributed by atoms with Gasteiger partial charge in [-0.2, -0.15) is 0 Å². The van der Waals surface area contributed by atoms with Crippen molar-refractivity contribution in [2.24, 2.45) is 0 Å². The van der Waals surface area contributed by atoms with Crippen molar-refractivity contribution in [3.8, 4) is 0 Å². The zero-order valence-corrected chi connectivity index (χ0v) is 19.8. The Kier molecular flexibility index (Phi) is 6.75. The lowest BCUT2D eigenvalue weighted by Crippen LogP contribution is -2.24. The molecule has 0 aliphatic rings. The van der Waals surface area contributed by atoms with Crippen LogP contribution in [0.25, 0.3) is 16.7 Å². The van der Waals surface area contributed by atoms with Crippen molar-refractivity contribution in [3.63, 3.8) is 0 Å². The van der Waals surface area contributed by atoms with Gasteiger partial charge < -0.3 is 9.47 Å². The zero-order chi connectivity index (χ0) is 23.5. The Morgan fingerprint density at radius 2 is 1.94 bits per heavy atom. The van der Waals surface area contributed by atoms with Crippen LogP contribution in [0, 0.1) is 13.8 Å². The average Bonchev–Trinajstić information content (AvgIpc) is 3.21. The number of esters is 1. The molecule has 0 aliphatic carbocycles. The molecule has 0 amide bonds. The molecule has 0 N–H and O–H groups in total. The molecule has 0 saturated carbocycles. The highest BCUT2D eigenvalue weighted by Gasteiger charge is 2.15. The molecule has 0 fully saturated rings. The van der Waals surface area contributed by atoms with Crippen LogP contribution in [0.3, 0.4) is 0 Å². The lowest BCUT2D eigenvalue weighted by Gasteiger charge is -2.13. The van der Waals surface area contributed by atoms with E-state index < -0.39 is 5.97 Å². The third-order valence-electron chi connectivity index (χ3n) is 5.23. The summed E-state index contributed by atoms with van der Waals surface area (Å²) >= 11 is 1.42. The van der Waals surface area contributed by atoms with Gasteiger partial charge in [0.2, 0.25) is 5.78 Å². The second-order valence-corrected chi connectivity index (χ2v) is 8.59. The Bertz CT molecular complexity index is 1400. The summed E-state index contributed by atoms with van der Waals surface area (Å²) in [4.78, 5) is 39.0. The van der Waals surface area contributed by atoms with Gasteiger partial charge in [0.1, 0.15) is 0 Å². The smallest absolute Gasteiger partial charge is 0.337 e. The normalized spacial score (nSPS) is 11.4. The maximum absolute atomic E-state index is 13.3. The molecule has 0 atom stereocenters. The van der Waals surface area contributed by atoms with Gasteiger partial charge in [-0.3, -0.25) is 13.8 Å². The predicted octanol–water partition coefficient (Wildman–Crippen LogP) is 3.17. The van der Waals surface area contributed by atoms with Crippen LogP contribution < -0.4 is 5.56 Å². The van der Waals surface area contributed by atoms with E-state index in [-0.39, 0.29) is 5.56 Å². The van der Waals surface area contributed by atoms with Gasteiger partial charge in [0, 0.05) is 43.6 Å². The monoisotopic (exact) mass is 467 g/mol. The highest BCUT2D eigenvalue weighted by molar-refractivity contribution is 7.98. The van der Waals surface area contributed by atoms with Gasteiger partial charge in [-0.25, -0.2) is 19.7 Å². The summed E-state index contributed by atoms with van der Waals surface area (Å²) in [6.45, 7) is 4.96. The first-order valence-electron chi connectivity index (χ1n) is 10.5. The van der Waals surface area contributed by atoms with E-state index >= 15 is 0 Å². The minimum absolute atomic E-state index is 0.154. The molecular formula is C23H25N5O4S. The Balaban J connectivity index is 1.71. The standard InChI is InChI=1S/C23H25N5O4S/c1-14-10-15(2)28-12-17(25-22(28)24-14)13-33-23-26-19-11-16(21(30)32-4)6-7-18(19)20(29)27(23)8-5-9-31-3/h6-7,10-12H,5,8-9,13H2,1-4H3. The molecule has 9 nitrogen and oxygen atoms in total. The lowest BCUT2D eigenvalue weighted by atomic mass is 10.1. The molecule has 4 aromatic rings. The topological polar surface area (TPSA) is 101 Å². The SMILES string of the molecule is COCCCn1c(SCc2cn3c(C)cc(C)nc3n2)nc2cc(C(=O)OC)ccc2c1=O. The van der Waals surface area contributed by atoms with Crippen LogP contribution in [0.5, 0.6) is 0 Å². The van der Waals surface area contributed by atoms with Gasteiger partial charge in [-0.05, 0) is 44.5 Å². The number of benzene rings is 1. The quantitative estimate of drug-likeness (QED) is 0.169. The van der Waals surface area contributed by atoms with E-state index in [1.165, 1.54) is 18.9 Å². The van der Waals surface area contributed by atoms with Crippen molar-refractivity contribution in [2.45, 2.75) is 37.7 Å². The molecule has 3 heterocycles. The first kappa shape index (κ1) is 22.9. The Hall–Kier alpha value is -3.24. The molecule has 0 saturated heterocycles. The van der Waals surface area contributed by atoms with Crippen LogP contribution in [-0.4, -0.2) is 50.7 Å². The van der Waals surface area contributed by atoms with Gasteiger partial charge in [0.15, 0.2) is 5.16 Å². The number of hydrogen-bond donors (Lipinski definition) is 0. The number of methoxy groups -OCH3 is 2. The van der Waals surface area contributed by atoms with Crippen LogP contribution in [0.4, 0.5) is 0 Å². The van der Waals surface area contributed by atoms with Crippen molar-refractivity contribution in [2.75, 3.05) is 20.8 Å². The first-order valence-corrected chi connectivity index (χ1v) is 11.5. The second kappa shape index (κ2) is 9.72. The number of imidazole rings is 1. The summed E-state index contributed by atoms with van der Waals surface area (Å²) in [6, 6.07) is 6.80. The van der Waals surface area contributed by atoms with E-state index in [4.69, 9.17) is 14.5 Å². The predicted molar refractivity (Wildman–Crippen MR) is 126 cm³/mol. The third-order valence-corrected chi connectivity index (χ3v) is 6.24. The van der Waals surface area contributed by atoms with Crippen molar-refractivity contribution in [3.05, 3.63) is 63.5 Å². The summed E-state index contributed by atoms with van der Waals surface area (Å²) in [5.74, 6) is 0.690. The summed E-state index contributed by atoms with van der Waals surface area (Å²) in [5, 5.41) is 1.01. The molecule has 172 valence electrons. The van der Waals surface area contributed by atoms with Gasteiger partial charge >= 0.3 is 5.97 Å². The van der Waals surface area contributed by atoms with Gasteiger partial charge in [-0.15, -0.1) is 0 Å². The number of fused-ring (bicyclic) bond motifs is 2. The van der Waals surface area contributed by atoms with Crippen molar-refractivity contribution < 1.29 is 14.3 Å². The van der Waals surface area contributed by atoms with Gasteiger partial charge in [0.25, 0.3) is 5.56 Å². The van der Waals surface area contributed by atoms with E-state index in [0.717, 1.165) is 17.1 Å².